The normalized spacial score (nSPS) is 8.56. The number of carbonyl (C=O) groups excluding carboxylic acids is 1. The SMILES string of the molecule is O.O.O.O=C([O-])CN(CCN(CC(=O)O)CC(=O)O)CC(=O)O.[Fe+5].[Na+]. The molecule has 0 bridgehead atoms. The number of carboxylic acids is 4. The molecular weight excluding hydrogens is 403 g/mol. The minimum atomic E-state index is -1.48. The predicted octanol–water partition coefficient (Wildman–Crippen LogP) is -8.88. The van der Waals surface area contributed by atoms with E-state index in [0.29, 0.717) is 0 Å². The minimum absolute atomic E-state index is 0. The van der Waals surface area contributed by atoms with E-state index < -0.39 is 50.1 Å². The van der Waals surface area contributed by atoms with Crippen LogP contribution in [0.25, 0.3) is 0 Å². The van der Waals surface area contributed by atoms with Gasteiger partial charge in [-0.25, -0.2) is 0 Å². The summed E-state index contributed by atoms with van der Waals surface area (Å²) >= 11 is 0. The van der Waals surface area contributed by atoms with Crippen LogP contribution in [-0.4, -0.2) is 105 Å². The molecule has 0 aromatic heterocycles. The Balaban J connectivity index is -0.000000180. The Morgan fingerprint density at radius 3 is 1.12 bits per heavy atom. The Bertz CT molecular complexity index is 331. The Labute approximate surface area is 175 Å². The van der Waals surface area contributed by atoms with Gasteiger partial charge in [0.2, 0.25) is 0 Å². The molecule has 0 aliphatic rings. The first-order valence-corrected chi connectivity index (χ1v) is 5.50. The predicted molar refractivity (Wildman–Crippen MR) is 71.6 cm³/mol. The van der Waals surface area contributed by atoms with Gasteiger partial charge in [-0.1, -0.05) is 0 Å². The van der Waals surface area contributed by atoms with Crippen LogP contribution in [0.15, 0.2) is 0 Å². The number of hydrogen-bond donors (Lipinski definition) is 3. The van der Waals surface area contributed by atoms with E-state index in [1.54, 1.807) is 0 Å². The van der Waals surface area contributed by atoms with E-state index in [2.05, 4.69) is 0 Å². The number of carbonyl (C=O) groups is 4. The van der Waals surface area contributed by atoms with Gasteiger partial charge in [0.15, 0.2) is 0 Å². The van der Waals surface area contributed by atoms with Crippen LogP contribution in [0.2, 0.25) is 0 Å². The second kappa shape index (κ2) is 21.2. The maximum Gasteiger partial charge on any atom is 5.00 e. The molecule has 0 aliphatic heterocycles. The third-order valence-corrected chi connectivity index (χ3v) is 2.16. The van der Waals surface area contributed by atoms with Crippen molar-refractivity contribution in [1.82, 2.24) is 9.80 Å². The molecule has 1 radical (unpaired) electrons. The van der Waals surface area contributed by atoms with Crippen LogP contribution in [-0.2, 0) is 36.2 Å². The van der Waals surface area contributed by atoms with E-state index in [1.165, 1.54) is 0 Å². The molecule has 13 nitrogen and oxygen atoms in total. The van der Waals surface area contributed by atoms with Crippen molar-refractivity contribution < 1.29 is 103 Å². The summed E-state index contributed by atoms with van der Waals surface area (Å²) in [4.78, 5) is 44.1. The largest absolute Gasteiger partial charge is 5.00 e. The Hall–Kier alpha value is -0.801. The van der Waals surface area contributed by atoms with E-state index >= 15 is 0 Å². The van der Waals surface area contributed by atoms with Gasteiger partial charge in [-0.3, -0.25) is 24.2 Å². The second-order valence-electron chi connectivity index (χ2n) is 3.97. The molecule has 0 aliphatic carbocycles. The van der Waals surface area contributed by atoms with Crippen LogP contribution in [0, 0.1) is 0 Å². The van der Waals surface area contributed by atoms with E-state index in [-0.39, 0.29) is 76.1 Å². The molecule has 0 heterocycles. The van der Waals surface area contributed by atoms with Crippen molar-refractivity contribution in [1.29, 1.82) is 0 Å². The van der Waals surface area contributed by atoms with Crippen molar-refractivity contribution in [3.8, 4) is 0 Å². The van der Waals surface area contributed by atoms with Gasteiger partial charge in [0.1, 0.15) is 0 Å². The average molecular weight is 424 g/mol. The molecule has 9 N–H and O–H groups in total. The first-order valence-electron chi connectivity index (χ1n) is 5.50. The van der Waals surface area contributed by atoms with Gasteiger partial charge in [-0.15, -0.1) is 0 Å². The zero-order valence-corrected chi connectivity index (χ0v) is 16.5. The fourth-order valence-corrected chi connectivity index (χ4v) is 1.47. The quantitative estimate of drug-likeness (QED) is 0.264. The molecule has 0 fully saturated rings. The van der Waals surface area contributed by atoms with Crippen LogP contribution in [0.4, 0.5) is 0 Å². The molecule has 141 valence electrons. The monoisotopic (exact) mass is 424 g/mol. The van der Waals surface area contributed by atoms with Crippen molar-refractivity contribution in [2.24, 2.45) is 0 Å². The summed E-state index contributed by atoms with van der Waals surface area (Å²) in [5, 5.41) is 36.3. The molecule has 0 unspecified atom stereocenters. The van der Waals surface area contributed by atoms with Gasteiger partial charge in [0, 0.05) is 19.6 Å². The Morgan fingerprint density at radius 1 is 0.680 bits per heavy atom. The van der Waals surface area contributed by atoms with Crippen LogP contribution < -0.4 is 34.7 Å². The van der Waals surface area contributed by atoms with Gasteiger partial charge >= 0.3 is 64.5 Å². The van der Waals surface area contributed by atoms with Gasteiger partial charge in [0.05, 0.1) is 25.6 Å². The maximum atomic E-state index is 10.5. The summed E-state index contributed by atoms with van der Waals surface area (Å²) in [6.07, 6.45) is 0. The molecule has 15 heteroatoms. The number of nitrogens with zero attached hydrogens (tertiary/aromatic N) is 2. The summed E-state index contributed by atoms with van der Waals surface area (Å²) in [6, 6.07) is 0. The summed E-state index contributed by atoms with van der Waals surface area (Å²) in [6.45, 7) is -2.50. The fourth-order valence-electron chi connectivity index (χ4n) is 1.47. The summed E-state index contributed by atoms with van der Waals surface area (Å²) in [5.41, 5.74) is 0. The van der Waals surface area contributed by atoms with Crippen LogP contribution in [0.3, 0.4) is 0 Å². The first kappa shape index (κ1) is 39.3. The van der Waals surface area contributed by atoms with Crippen molar-refractivity contribution in [3.63, 3.8) is 0 Å². The number of aliphatic carboxylic acids is 4. The molecular formula is C10H21FeN2NaO11+5. The molecule has 0 atom stereocenters. The molecule has 0 rings (SSSR count). The van der Waals surface area contributed by atoms with Crippen molar-refractivity contribution in [2.45, 2.75) is 0 Å². The molecule has 25 heavy (non-hydrogen) atoms. The third-order valence-electron chi connectivity index (χ3n) is 2.16. The summed E-state index contributed by atoms with van der Waals surface area (Å²) in [7, 11) is 0. The average Bonchev–Trinajstić information content (AvgIpc) is 2.22. The molecule has 0 aromatic rings. The Kier molecular flexibility index (Phi) is 33.4. The maximum absolute atomic E-state index is 10.5. The van der Waals surface area contributed by atoms with Gasteiger partial charge in [0.25, 0.3) is 0 Å². The van der Waals surface area contributed by atoms with Crippen molar-refractivity contribution in [2.75, 3.05) is 39.3 Å². The molecule has 0 saturated heterocycles. The smallest absolute Gasteiger partial charge is 0.549 e. The molecule has 0 spiro atoms. The molecule has 0 aromatic carbocycles. The Morgan fingerprint density at radius 2 is 0.920 bits per heavy atom. The van der Waals surface area contributed by atoms with E-state index in [4.69, 9.17) is 15.3 Å². The van der Waals surface area contributed by atoms with Gasteiger partial charge in [-0.2, -0.15) is 0 Å². The number of carboxylic acid groups (broad SMARTS) is 4. The fraction of sp³-hybridized carbons (Fsp3) is 0.600. The number of rotatable bonds is 11. The zero-order chi connectivity index (χ0) is 15.7. The van der Waals surface area contributed by atoms with Crippen molar-refractivity contribution >= 4 is 23.9 Å². The number of hydrogen-bond acceptors (Lipinski definition) is 7. The van der Waals surface area contributed by atoms with E-state index in [0.717, 1.165) is 9.80 Å². The third kappa shape index (κ3) is 25.6. The standard InChI is InChI=1S/C10H16N2O8.Fe.Na.3H2O/c13-7(14)3-11(4-8(15)16)1-2-12(5-9(17)18)6-10(19)20;;;;;/h1-6H2,(H,13,14)(H,15,16)(H,17,18)(H,19,20);;;3*1H2/q;+5;+1;;;/p-1. The van der Waals surface area contributed by atoms with Crippen LogP contribution in [0.1, 0.15) is 0 Å². The molecule has 0 amide bonds. The topological polar surface area (TPSA) is 253 Å². The molecule has 0 saturated carbocycles. The second-order valence-corrected chi connectivity index (χ2v) is 3.97. The first-order chi connectivity index (χ1) is 9.20. The van der Waals surface area contributed by atoms with Crippen molar-refractivity contribution in [3.05, 3.63) is 0 Å². The van der Waals surface area contributed by atoms with Crippen LogP contribution >= 0.6 is 0 Å². The van der Waals surface area contributed by atoms with E-state index in [1.807, 2.05) is 0 Å². The van der Waals surface area contributed by atoms with Gasteiger partial charge < -0.3 is 41.6 Å². The summed E-state index contributed by atoms with van der Waals surface area (Å²) in [5.74, 6) is -5.21. The zero-order valence-electron chi connectivity index (χ0n) is 13.4. The van der Waals surface area contributed by atoms with Crippen LogP contribution in [0.5, 0.6) is 0 Å². The van der Waals surface area contributed by atoms with Gasteiger partial charge in [-0.05, 0) is 0 Å². The minimum Gasteiger partial charge on any atom is -0.549 e. The summed E-state index contributed by atoms with van der Waals surface area (Å²) < 4.78 is 0. The van der Waals surface area contributed by atoms with E-state index in [9.17, 15) is 24.3 Å².